The molecule has 6 heteroatoms. The van der Waals surface area contributed by atoms with Gasteiger partial charge in [0.05, 0.1) is 6.61 Å². The molecule has 1 aliphatic heterocycles. The van der Waals surface area contributed by atoms with Crippen molar-refractivity contribution in [2.45, 2.75) is 64.7 Å². The summed E-state index contributed by atoms with van der Waals surface area (Å²) < 4.78 is 5.56. The van der Waals surface area contributed by atoms with Crippen molar-refractivity contribution in [3.8, 4) is 0 Å². The van der Waals surface area contributed by atoms with Crippen molar-refractivity contribution in [2.24, 2.45) is 22.2 Å². The van der Waals surface area contributed by atoms with Crippen LogP contribution in [0.1, 0.15) is 64.7 Å². The minimum absolute atomic E-state index is 0. The molecule has 0 aromatic carbocycles. The molecule has 154 valence electrons. The molecule has 1 aliphatic carbocycles. The zero-order valence-corrected chi connectivity index (χ0v) is 19.1. The predicted molar refractivity (Wildman–Crippen MR) is 119 cm³/mol. The first-order valence-electron chi connectivity index (χ1n) is 10.3. The van der Waals surface area contributed by atoms with E-state index in [0.29, 0.717) is 0 Å². The second-order valence-corrected chi connectivity index (χ2v) is 8.11. The number of hydrogen-bond acceptors (Lipinski definition) is 3. The zero-order chi connectivity index (χ0) is 18.0. The Morgan fingerprint density at radius 1 is 1.19 bits per heavy atom. The number of hydrogen-bond donors (Lipinski definition) is 3. The number of rotatable bonds is 9. The molecule has 0 aromatic rings. The Morgan fingerprint density at radius 2 is 1.92 bits per heavy atom. The summed E-state index contributed by atoms with van der Waals surface area (Å²) in [5, 5.41) is 16.3. The van der Waals surface area contributed by atoms with E-state index < -0.39 is 0 Å². The van der Waals surface area contributed by atoms with Gasteiger partial charge < -0.3 is 20.5 Å². The molecule has 1 saturated carbocycles. The van der Waals surface area contributed by atoms with E-state index in [-0.39, 0.29) is 36.0 Å². The Morgan fingerprint density at radius 3 is 2.50 bits per heavy atom. The summed E-state index contributed by atoms with van der Waals surface area (Å²) in [6.07, 6.45) is 11.4. The Balaban J connectivity index is 0.00000338. The first-order chi connectivity index (χ1) is 12.2. The van der Waals surface area contributed by atoms with Gasteiger partial charge in [0.1, 0.15) is 0 Å². The molecule has 2 rings (SSSR count). The van der Waals surface area contributed by atoms with E-state index >= 15 is 0 Å². The standard InChI is InChI=1S/C20H39N3O2.HI/c1-3-4-5-17-6-8-18(9-7-17)14-22-19(21-2)23-15-20(10-12-24)11-13-25-16-20;/h17-18,24H,3-16H2,1-2H3,(H2,21,22,23);1H. The van der Waals surface area contributed by atoms with Gasteiger partial charge >= 0.3 is 0 Å². The number of ether oxygens (including phenoxy) is 1. The van der Waals surface area contributed by atoms with E-state index in [2.05, 4.69) is 22.5 Å². The highest BCUT2D eigenvalue weighted by molar-refractivity contribution is 14.0. The topological polar surface area (TPSA) is 65.9 Å². The number of guanidine groups is 1. The van der Waals surface area contributed by atoms with Crippen LogP contribution in [0, 0.1) is 17.3 Å². The maximum atomic E-state index is 9.33. The fourth-order valence-corrected chi connectivity index (χ4v) is 4.26. The molecule has 1 heterocycles. The number of unbranched alkanes of at least 4 members (excludes halogenated alkanes) is 1. The number of nitrogens with one attached hydrogen (secondary N) is 2. The second-order valence-electron chi connectivity index (χ2n) is 8.11. The largest absolute Gasteiger partial charge is 0.396 e. The highest BCUT2D eigenvalue weighted by Crippen LogP contribution is 2.32. The summed E-state index contributed by atoms with van der Waals surface area (Å²) in [5.41, 5.74) is 0.0592. The van der Waals surface area contributed by atoms with E-state index in [4.69, 9.17) is 4.74 Å². The van der Waals surface area contributed by atoms with Crippen LogP contribution in [0.3, 0.4) is 0 Å². The van der Waals surface area contributed by atoms with Crippen LogP contribution in [-0.2, 0) is 4.74 Å². The van der Waals surface area contributed by atoms with Crippen molar-refractivity contribution in [1.29, 1.82) is 0 Å². The lowest BCUT2D eigenvalue weighted by Crippen LogP contribution is -2.45. The van der Waals surface area contributed by atoms with E-state index in [0.717, 1.165) is 56.9 Å². The van der Waals surface area contributed by atoms with Gasteiger partial charge in [-0.2, -0.15) is 0 Å². The number of aliphatic hydroxyl groups is 1. The van der Waals surface area contributed by atoms with Crippen LogP contribution in [0.2, 0.25) is 0 Å². The van der Waals surface area contributed by atoms with Crippen molar-refractivity contribution in [2.75, 3.05) is 40.0 Å². The van der Waals surface area contributed by atoms with Crippen LogP contribution in [0.5, 0.6) is 0 Å². The predicted octanol–water partition coefficient (Wildman–Crippen LogP) is 3.56. The molecule has 1 saturated heterocycles. The Labute approximate surface area is 177 Å². The third kappa shape index (κ3) is 7.89. The monoisotopic (exact) mass is 481 g/mol. The van der Waals surface area contributed by atoms with Crippen molar-refractivity contribution in [1.82, 2.24) is 10.6 Å². The summed E-state index contributed by atoms with van der Waals surface area (Å²) in [6.45, 7) is 5.88. The molecular weight excluding hydrogens is 441 g/mol. The molecule has 1 atom stereocenters. The number of halogens is 1. The lowest BCUT2D eigenvalue weighted by atomic mass is 9.80. The van der Waals surface area contributed by atoms with Crippen LogP contribution < -0.4 is 10.6 Å². The second kappa shape index (κ2) is 13.2. The van der Waals surface area contributed by atoms with Crippen molar-refractivity contribution >= 4 is 29.9 Å². The normalized spacial score (nSPS) is 29.3. The summed E-state index contributed by atoms with van der Waals surface area (Å²) in [4.78, 5) is 4.37. The SMILES string of the molecule is CCCCC1CCC(CNC(=NC)NCC2(CCO)CCOC2)CC1.I. The summed E-state index contributed by atoms with van der Waals surface area (Å²) in [7, 11) is 1.83. The van der Waals surface area contributed by atoms with Crippen molar-refractivity contribution in [3.63, 3.8) is 0 Å². The minimum atomic E-state index is 0. The highest BCUT2D eigenvalue weighted by Gasteiger charge is 2.34. The molecular formula is C20H40IN3O2. The molecule has 5 nitrogen and oxygen atoms in total. The third-order valence-corrected chi connectivity index (χ3v) is 6.17. The first kappa shape index (κ1) is 24.0. The number of aliphatic hydroxyl groups excluding tert-OH is 1. The van der Waals surface area contributed by atoms with Gasteiger partial charge in [0.25, 0.3) is 0 Å². The van der Waals surface area contributed by atoms with Gasteiger partial charge in [0.2, 0.25) is 0 Å². The Hall–Kier alpha value is -0.0800. The van der Waals surface area contributed by atoms with Gasteiger partial charge in [-0.1, -0.05) is 39.0 Å². The number of nitrogens with zero attached hydrogens (tertiary/aromatic N) is 1. The molecule has 0 bridgehead atoms. The highest BCUT2D eigenvalue weighted by atomic mass is 127. The maximum Gasteiger partial charge on any atom is 0.191 e. The van der Waals surface area contributed by atoms with Gasteiger partial charge in [-0.15, -0.1) is 24.0 Å². The van der Waals surface area contributed by atoms with Crippen LogP contribution >= 0.6 is 24.0 Å². The number of aliphatic imine (C=N–C) groups is 1. The van der Waals surface area contributed by atoms with Crippen LogP contribution in [0.15, 0.2) is 4.99 Å². The minimum Gasteiger partial charge on any atom is -0.396 e. The van der Waals surface area contributed by atoms with Crippen LogP contribution in [0.4, 0.5) is 0 Å². The van der Waals surface area contributed by atoms with E-state index in [9.17, 15) is 5.11 Å². The van der Waals surface area contributed by atoms with Gasteiger partial charge in [-0.25, -0.2) is 0 Å². The average Bonchev–Trinajstić information content (AvgIpc) is 3.10. The molecule has 0 radical (unpaired) electrons. The van der Waals surface area contributed by atoms with E-state index in [1.165, 1.54) is 44.9 Å². The Kier molecular flexibility index (Phi) is 12.1. The van der Waals surface area contributed by atoms with Gasteiger partial charge in [0, 0.05) is 38.8 Å². The lowest BCUT2D eigenvalue weighted by molar-refractivity contribution is 0.127. The summed E-state index contributed by atoms with van der Waals surface area (Å²) in [6, 6.07) is 0. The maximum absolute atomic E-state index is 9.33. The van der Waals surface area contributed by atoms with Gasteiger partial charge in [-0.3, -0.25) is 4.99 Å². The molecule has 2 aliphatic rings. The zero-order valence-electron chi connectivity index (χ0n) is 16.8. The molecule has 26 heavy (non-hydrogen) atoms. The van der Waals surface area contributed by atoms with E-state index in [1.807, 2.05) is 7.05 Å². The summed E-state index contributed by atoms with van der Waals surface area (Å²) >= 11 is 0. The quantitative estimate of drug-likeness (QED) is 0.268. The van der Waals surface area contributed by atoms with Crippen molar-refractivity contribution < 1.29 is 9.84 Å². The molecule has 2 fully saturated rings. The average molecular weight is 481 g/mol. The fourth-order valence-electron chi connectivity index (χ4n) is 4.26. The molecule has 0 spiro atoms. The van der Waals surface area contributed by atoms with Crippen LogP contribution in [-0.4, -0.2) is 51.0 Å². The first-order valence-corrected chi connectivity index (χ1v) is 10.3. The molecule has 0 amide bonds. The van der Waals surface area contributed by atoms with Crippen LogP contribution in [0.25, 0.3) is 0 Å². The van der Waals surface area contributed by atoms with Gasteiger partial charge in [0.15, 0.2) is 5.96 Å². The molecule has 1 unspecified atom stereocenters. The van der Waals surface area contributed by atoms with Crippen molar-refractivity contribution in [3.05, 3.63) is 0 Å². The fraction of sp³-hybridized carbons (Fsp3) is 0.950. The smallest absolute Gasteiger partial charge is 0.191 e. The van der Waals surface area contributed by atoms with E-state index in [1.54, 1.807) is 0 Å². The molecule has 0 aromatic heterocycles. The third-order valence-electron chi connectivity index (χ3n) is 6.17. The lowest BCUT2D eigenvalue weighted by Gasteiger charge is -2.30. The Bertz CT molecular complexity index is 393. The van der Waals surface area contributed by atoms with Gasteiger partial charge in [-0.05, 0) is 37.5 Å². The summed E-state index contributed by atoms with van der Waals surface area (Å²) in [5.74, 6) is 2.63. The molecule has 3 N–H and O–H groups in total.